The van der Waals surface area contributed by atoms with Crippen LogP contribution in [0.25, 0.3) is 0 Å². The lowest BCUT2D eigenvalue weighted by atomic mass is 10.1. The zero-order valence-corrected chi connectivity index (χ0v) is 12.4. The molecule has 1 heterocycles. The molecule has 0 radical (unpaired) electrons. The van der Waals surface area contributed by atoms with E-state index in [0.717, 1.165) is 16.2 Å². The van der Waals surface area contributed by atoms with E-state index in [1.165, 1.54) is 0 Å². The van der Waals surface area contributed by atoms with Crippen LogP contribution in [0.1, 0.15) is 30.1 Å². The van der Waals surface area contributed by atoms with Crippen molar-refractivity contribution in [2.45, 2.75) is 18.9 Å². The summed E-state index contributed by atoms with van der Waals surface area (Å²) in [6.07, 6.45) is -0.304. The Kier molecular flexibility index (Phi) is 4.51. The van der Waals surface area contributed by atoms with E-state index >= 15 is 0 Å². The number of hydroxylamine groups is 2. The maximum Gasteiger partial charge on any atom is 0.254 e. The number of hydrogen-bond acceptors (Lipinski definition) is 3. The minimum absolute atomic E-state index is 0.187. The largest absolute Gasteiger partial charge is 0.272 e. The fourth-order valence-corrected chi connectivity index (χ4v) is 2.25. The number of carbonyl (C=O) groups is 2. The van der Waals surface area contributed by atoms with Gasteiger partial charge in [-0.2, -0.15) is 5.06 Å². The maximum atomic E-state index is 11.8. The highest BCUT2D eigenvalue weighted by Gasteiger charge is 2.32. The Morgan fingerprint density at radius 2 is 1.43 bits per heavy atom. The number of hydrogen-bond donors (Lipinski definition) is 0. The van der Waals surface area contributed by atoms with Crippen LogP contribution in [-0.4, -0.2) is 16.9 Å². The second kappa shape index (κ2) is 6.91. The maximum absolute atomic E-state index is 11.8. The molecule has 0 saturated carbocycles. The Labute approximate surface area is 134 Å². The summed E-state index contributed by atoms with van der Waals surface area (Å²) in [5.74, 6) is 5.38. The standard InChI is InChI=1S/C19H15NO3/c21-18-13-14-19(22)20(18)23-17(16-9-5-2-6-10-16)12-11-15-7-3-1-4-8-15/h1-10,17H,13-14H2. The smallest absolute Gasteiger partial charge is 0.254 e. The Morgan fingerprint density at radius 1 is 0.870 bits per heavy atom. The van der Waals surface area contributed by atoms with Crippen LogP contribution in [0.15, 0.2) is 60.7 Å². The molecule has 0 spiro atoms. The first-order chi connectivity index (χ1) is 11.2. The van der Waals surface area contributed by atoms with Gasteiger partial charge in [-0.1, -0.05) is 60.4 Å². The minimum atomic E-state index is -0.678. The van der Waals surface area contributed by atoms with Gasteiger partial charge in [0.15, 0.2) is 6.10 Å². The molecule has 1 saturated heterocycles. The molecule has 1 aliphatic rings. The van der Waals surface area contributed by atoms with Crippen molar-refractivity contribution in [2.24, 2.45) is 0 Å². The molecule has 0 bridgehead atoms. The SMILES string of the molecule is O=C1CCC(=O)N1OC(C#Cc1ccccc1)c1ccccc1. The molecule has 4 nitrogen and oxygen atoms in total. The van der Waals surface area contributed by atoms with Gasteiger partial charge >= 0.3 is 0 Å². The fraction of sp³-hybridized carbons (Fsp3) is 0.158. The van der Waals surface area contributed by atoms with E-state index in [4.69, 9.17) is 4.84 Å². The van der Waals surface area contributed by atoms with E-state index in [2.05, 4.69) is 11.8 Å². The molecule has 1 aliphatic heterocycles. The van der Waals surface area contributed by atoms with Gasteiger partial charge in [0, 0.05) is 18.4 Å². The fourth-order valence-electron chi connectivity index (χ4n) is 2.25. The van der Waals surface area contributed by atoms with Gasteiger partial charge in [0.25, 0.3) is 11.8 Å². The van der Waals surface area contributed by atoms with Crippen molar-refractivity contribution in [3.63, 3.8) is 0 Å². The van der Waals surface area contributed by atoms with Crippen molar-refractivity contribution in [1.82, 2.24) is 5.06 Å². The average Bonchev–Trinajstić information content (AvgIpc) is 2.92. The summed E-state index contributed by atoms with van der Waals surface area (Å²) < 4.78 is 0. The zero-order chi connectivity index (χ0) is 16.1. The Balaban J connectivity index is 1.87. The van der Waals surface area contributed by atoms with E-state index in [0.29, 0.717) is 0 Å². The highest BCUT2D eigenvalue weighted by atomic mass is 16.7. The lowest BCUT2D eigenvalue weighted by molar-refractivity contribution is -0.196. The molecule has 0 N–H and O–H groups in total. The van der Waals surface area contributed by atoms with Gasteiger partial charge in [0.05, 0.1) is 0 Å². The van der Waals surface area contributed by atoms with E-state index in [1.54, 1.807) is 0 Å². The highest BCUT2D eigenvalue weighted by molar-refractivity contribution is 6.00. The summed E-state index contributed by atoms with van der Waals surface area (Å²) in [6.45, 7) is 0. The van der Waals surface area contributed by atoms with Crippen molar-refractivity contribution in [2.75, 3.05) is 0 Å². The molecule has 23 heavy (non-hydrogen) atoms. The van der Waals surface area contributed by atoms with Crippen LogP contribution in [0.3, 0.4) is 0 Å². The number of imide groups is 1. The van der Waals surface area contributed by atoms with E-state index < -0.39 is 6.10 Å². The first-order valence-electron chi connectivity index (χ1n) is 7.38. The molecule has 2 aromatic carbocycles. The Hall–Kier alpha value is -2.90. The van der Waals surface area contributed by atoms with Gasteiger partial charge < -0.3 is 0 Å². The van der Waals surface area contributed by atoms with Crippen LogP contribution in [0, 0.1) is 11.8 Å². The van der Waals surface area contributed by atoms with Crippen molar-refractivity contribution in [3.8, 4) is 11.8 Å². The van der Waals surface area contributed by atoms with Crippen LogP contribution >= 0.6 is 0 Å². The topological polar surface area (TPSA) is 46.6 Å². The molecule has 1 fully saturated rings. The lowest BCUT2D eigenvalue weighted by Crippen LogP contribution is -2.30. The second-order valence-corrected chi connectivity index (χ2v) is 5.11. The van der Waals surface area contributed by atoms with Crippen LogP contribution in [0.2, 0.25) is 0 Å². The normalized spacial score (nSPS) is 15.2. The molecule has 4 heteroatoms. The third-order valence-corrected chi connectivity index (χ3v) is 3.44. The average molecular weight is 305 g/mol. The zero-order valence-electron chi connectivity index (χ0n) is 12.4. The third kappa shape index (κ3) is 3.65. The van der Waals surface area contributed by atoms with Gasteiger partial charge in [0.2, 0.25) is 0 Å². The molecule has 1 atom stereocenters. The van der Waals surface area contributed by atoms with Crippen LogP contribution in [-0.2, 0) is 14.4 Å². The van der Waals surface area contributed by atoms with E-state index in [-0.39, 0.29) is 24.7 Å². The second-order valence-electron chi connectivity index (χ2n) is 5.11. The number of nitrogens with zero attached hydrogens (tertiary/aromatic N) is 1. The summed E-state index contributed by atoms with van der Waals surface area (Å²) in [5, 5.41) is 0.845. The van der Waals surface area contributed by atoms with E-state index in [9.17, 15) is 9.59 Å². The summed E-state index contributed by atoms with van der Waals surface area (Å²) in [6, 6.07) is 18.8. The summed E-state index contributed by atoms with van der Waals surface area (Å²) in [5.41, 5.74) is 1.64. The monoisotopic (exact) mass is 305 g/mol. The van der Waals surface area contributed by atoms with Crippen LogP contribution in [0.5, 0.6) is 0 Å². The molecule has 2 aromatic rings. The Bertz CT molecular complexity index is 743. The quantitative estimate of drug-likeness (QED) is 0.647. The number of benzene rings is 2. The lowest BCUT2D eigenvalue weighted by Gasteiger charge is -2.18. The molecule has 0 aliphatic carbocycles. The van der Waals surface area contributed by atoms with Gasteiger partial charge in [-0.3, -0.25) is 9.59 Å². The molecule has 1 unspecified atom stereocenters. The first kappa shape index (κ1) is 15.0. The Morgan fingerprint density at radius 3 is 2.04 bits per heavy atom. The van der Waals surface area contributed by atoms with Crippen molar-refractivity contribution in [1.29, 1.82) is 0 Å². The van der Waals surface area contributed by atoms with Crippen LogP contribution in [0.4, 0.5) is 0 Å². The summed E-state index contributed by atoms with van der Waals surface area (Å²) >= 11 is 0. The van der Waals surface area contributed by atoms with Crippen LogP contribution < -0.4 is 0 Å². The first-order valence-corrected chi connectivity index (χ1v) is 7.38. The van der Waals surface area contributed by atoms with Gasteiger partial charge in [0.1, 0.15) is 0 Å². The molecule has 3 rings (SSSR count). The number of amides is 2. The van der Waals surface area contributed by atoms with Gasteiger partial charge in [-0.15, -0.1) is 0 Å². The third-order valence-electron chi connectivity index (χ3n) is 3.44. The molecule has 114 valence electrons. The van der Waals surface area contributed by atoms with Gasteiger partial charge in [-0.25, -0.2) is 4.84 Å². The van der Waals surface area contributed by atoms with E-state index in [1.807, 2.05) is 60.7 Å². The molecular formula is C19H15NO3. The molecular weight excluding hydrogens is 290 g/mol. The highest BCUT2D eigenvalue weighted by Crippen LogP contribution is 2.22. The molecule has 2 amide bonds. The minimum Gasteiger partial charge on any atom is -0.272 e. The van der Waals surface area contributed by atoms with Crippen molar-refractivity contribution >= 4 is 11.8 Å². The number of carbonyl (C=O) groups excluding carboxylic acids is 2. The predicted octanol–water partition coefficient (Wildman–Crippen LogP) is 2.86. The van der Waals surface area contributed by atoms with Gasteiger partial charge in [-0.05, 0) is 17.7 Å². The summed E-state index contributed by atoms with van der Waals surface area (Å²) in [4.78, 5) is 29.1. The predicted molar refractivity (Wildman–Crippen MR) is 84.7 cm³/mol. The number of rotatable bonds is 3. The molecule has 0 aromatic heterocycles. The van der Waals surface area contributed by atoms with Crippen molar-refractivity contribution in [3.05, 3.63) is 71.8 Å². The summed E-state index contributed by atoms with van der Waals surface area (Å²) in [7, 11) is 0. The van der Waals surface area contributed by atoms with Crippen molar-refractivity contribution < 1.29 is 14.4 Å².